The molecule has 0 bridgehead atoms. The molecular weight excluding hydrogens is 526 g/mol. The van der Waals surface area contributed by atoms with Gasteiger partial charge in [-0.1, -0.05) is 18.2 Å². The highest BCUT2D eigenvalue weighted by Gasteiger charge is 2.33. The molecule has 0 radical (unpaired) electrons. The Bertz CT molecular complexity index is 1320. The average molecular weight is 567 g/mol. The zero-order valence-corrected chi connectivity index (χ0v) is 25.1. The summed E-state index contributed by atoms with van der Waals surface area (Å²) in [7, 11) is 0.479. The molecule has 1 aliphatic rings. The Kier molecular flexibility index (Phi) is 9.94. The Labute approximate surface area is 238 Å². The van der Waals surface area contributed by atoms with E-state index in [2.05, 4.69) is 43.6 Å². The number of ether oxygens (including phenoxy) is 2. The van der Waals surface area contributed by atoms with Crippen LogP contribution in [0.1, 0.15) is 67.9 Å². The molecule has 2 atom stereocenters. The molecule has 1 fully saturated rings. The molecule has 2 aromatic carbocycles. The van der Waals surface area contributed by atoms with Crippen LogP contribution in [0.3, 0.4) is 0 Å². The van der Waals surface area contributed by atoms with Crippen LogP contribution in [0.15, 0.2) is 54.7 Å². The van der Waals surface area contributed by atoms with Crippen LogP contribution in [0.5, 0.6) is 11.6 Å². The predicted octanol–water partition coefficient (Wildman–Crippen LogP) is 7.25. The summed E-state index contributed by atoms with van der Waals surface area (Å²) in [6.07, 6.45) is 4.24. The minimum absolute atomic E-state index is 0.241. The third-order valence-electron chi connectivity index (χ3n) is 7.50. The van der Waals surface area contributed by atoms with Gasteiger partial charge >= 0.3 is 5.97 Å². The maximum Gasteiger partial charge on any atom is 0.343 e. The van der Waals surface area contributed by atoms with E-state index in [0.29, 0.717) is 40.8 Å². The first kappa shape index (κ1) is 30.1. The number of carbonyl (C=O) groups excluding carboxylic acids is 1. The molecule has 0 saturated heterocycles. The molecule has 0 aliphatic heterocycles. The Morgan fingerprint density at radius 2 is 1.82 bits per heavy atom. The van der Waals surface area contributed by atoms with Gasteiger partial charge in [0.1, 0.15) is 11.6 Å². The highest BCUT2D eigenvalue weighted by Crippen LogP contribution is 2.47. The SMILES string of the molecule is COc1cc(-c2ccc(C(=O)Oc3cccc(C(CP(C)O)C4CC4)c3)cc2CN(C(C)C)C(C)C)c(F)cn1. The minimum atomic E-state index is -1.02. The second kappa shape index (κ2) is 13.2. The summed E-state index contributed by atoms with van der Waals surface area (Å²) in [4.78, 5) is 29.7. The molecule has 0 spiro atoms. The summed E-state index contributed by atoms with van der Waals surface area (Å²) in [5.74, 6) is 0.718. The van der Waals surface area contributed by atoms with Gasteiger partial charge in [0, 0.05) is 38.4 Å². The molecule has 6 nitrogen and oxygen atoms in total. The van der Waals surface area contributed by atoms with E-state index in [9.17, 15) is 14.1 Å². The lowest BCUT2D eigenvalue weighted by molar-refractivity contribution is 0.0734. The number of benzene rings is 2. The Morgan fingerprint density at radius 1 is 1.10 bits per heavy atom. The molecule has 8 heteroatoms. The third-order valence-corrected chi connectivity index (χ3v) is 8.42. The maximum absolute atomic E-state index is 15.0. The van der Waals surface area contributed by atoms with Crippen molar-refractivity contribution in [2.24, 2.45) is 5.92 Å². The fourth-order valence-electron chi connectivity index (χ4n) is 5.29. The third kappa shape index (κ3) is 7.45. The number of methoxy groups -OCH3 is 1. The lowest BCUT2D eigenvalue weighted by Gasteiger charge is -2.31. The summed E-state index contributed by atoms with van der Waals surface area (Å²) in [5, 5.41) is 0. The van der Waals surface area contributed by atoms with Gasteiger partial charge in [-0.15, -0.1) is 0 Å². The van der Waals surface area contributed by atoms with Crippen molar-refractivity contribution in [1.82, 2.24) is 9.88 Å². The van der Waals surface area contributed by atoms with Crippen molar-refractivity contribution in [2.45, 2.75) is 65.1 Å². The van der Waals surface area contributed by atoms with Gasteiger partial charge in [0.05, 0.1) is 18.9 Å². The Hall–Kier alpha value is -2.86. The van der Waals surface area contributed by atoms with E-state index in [-0.39, 0.29) is 18.0 Å². The number of hydrogen-bond acceptors (Lipinski definition) is 6. The summed E-state index contributed by atoms with van der Waals surface area (Å²) in [5.41, 5.74) is 3.34. The van der Waals surface area contributed by atoms with Crippen molar-refractivity contribution >= 4 is 14.1 Å². The van der Waals surface area contributed by atoms with Crippen LogP contribution < -0.4 is 9.47 Å². The second-order valence-corrected chi connectivity index (χ2v) is 12.9. The van der Waals surface area contributed by atoms with E-state index < -0.39 is 19.9 Å². The van der Waals surface area contributed by atoms with Gasteiger partial charge in [0.15, 0.2) is 0 Å². The first-order valence-electron chi connectivity index (χ1n) is 13.9. The van der Waals surface area contributed by atoms with Gasteiger partial charge in [-0.3, -0.25) is 4.90 Å². The van der Waals surface area contributed by atoms with Crippen LogP contribution in [-0.2, 0) is 6.54 Å². The van der Waals surface area contributed by atoms with E-state index in [1.165, 1.54) is 20.0 Å². The van der Waals surface area contributed by atoms with Crippen molar-refractivity contribution in [3.05, 3.63) is 77.2 Å². The standard InChI is InChI=1S/C32H40FN2O4P/c1-20(2)35(21(3)4)18-25-14-24(12-13-27(25)28-16-31(38-5)34-17-30(28)33)32(36)39-26-9-7-8-23(15-26)29(19-40(6)37)22-10-11-22/h7-9,12-17,20-22,29,37H,10-11,18-19H2,1-6H3. The van der Waals surface area contributed by atoms with Gasteiger partial charge in [0.25, 0.3) is 0 Å². The van der Waals surface area contributed by atoms with Crippen molar-refractivity contribution < 1.29 is 23.6 Å². The molecule has 1 aliphatic carbocycles. The van der Waals surface area contributed by atoms with E-state index >= 15 is 0 Å². The molecule has 3 aromatic rings. The van der Waals surface area contributed by atoms with Gasteiger partial charge < -0.3 is 14.4 Å². The predicted molar refractivity (Wildman–Crippen MR) is 159 cm³/mol. The van der Waals surface area contributed by atoms with E-state index in [0.717, 1.165) is 23.5 Å². The first-order chi connectivity index (χ1) is 19.1. The molecule has 2 unspecified atom stereocenters. The summed E-state index contributed by atoms with van der Waals surface area (Å²) < 4.78 is 26.1. The van der Waals surface area contributed by atoms with Crippen LogP contribution >= 0.6 is 8.15 Å². The number of hydrogen-bond donors (Lipinski definition) is 1. The molecule has 1 N–H and O–H groups in total. The van der Waals surface area contributed by atoms with Gasteiger partial charge in [-0.25, -0.2) is 14.2 Å². The number of nitrogens with zero attached hydrogens (tertiary/aromatic N) is 2. The molecule has 1 saturated carbocycles. The number of carbonyl (C=O) groups is 1. The maximum atomic E-state index is 15.0. The summed E-state index contributed by atoms with van der Waals surface area (Å²) in [6, 6.07) is 15.0. The van der Waals surface area contributed by atoms with Crippen molar-refractivity contribution in [3.8, 4) is 22.8 Å². The molecule has 214 valence electrons. The largest absolute Gasteiger partial charge is 0.481 e. The lowest BCUT2D eigenvalue weighted by Crippen LogP contribution is -2.36. The molecule has 40 heavy (non-hydrogen) atoms. The number of halogens is 1. The number of esters is 1. The number of aromatic nitrogens is 1. The van der Waals surface area contributed by atoms with Crippen LogP contribution in [0.4, 0.5) is 4.39 Å². The van der Waals surface area contributed by atoms with Gasteiger partial charge in [0.2, 0.25) is 5.88 Å². The highest BCUT2D eigenvalue weighted by atomic mass is 31.1. The van der Waals surface area contributed by atoms with Crippen LogP contribution in [0, 0.1) is 11.7 Å². The fraction of sp³-hybridized carbons (Fsp3) is 0.438. The van der Waals surface area contributed by atoms with Gasteiger partial charge in [-0.2, -0.15) is 0 Å². The summed E-state index contributed by atoms with van der Waals surface area (Å²) in [6.45, 7) is 10.9. The molecule has 1 heterocycles. The average Bonchev–Trinajstić information content (AvgIpc) is 3.76. The van der Waals surface area contributed by atoms with E-state index in [4.69, 9.17) is 9.47 Å². The molecular formula is C32H40FN2O4P. The first-order valence-corrected chi connectivity index (χ1v) is 15.8. The zero-order chi connectivity index (χ0) is 29.0. The van der Waals surface area contributed by atoms with Crippen molar-refractivity contribution in [2.75, 3.05) is 19.9 Å². The zero-order valence-electron chi connectivity index (χ0n) is 24.2. The van der Waals surface area contributed by atoms with Gasteiger partial charge in [-0.05, 0) is 106 Å². The lowest BCUT2D eigenvalue weighted by atomic mass is 9.96. The smallest absolute Gasteiger partial charge is 0.343 e. The topological polar surface area (TPSA) is 71.9 Å². The molecule has 4 rings (SSSR count). The highest BCUT2D eigenvalue weighted by molar-refractivity contribution is 7.50. The quantitative estimate of drug-likeness (QED) is 0.142. The van der Waals surface area contributed by atoms with E-state index in [1.54, 1.807) is 30.3 Å². The number of pyridine rings is 1. The normalized spacial score (nSPS) is 15.0. The summed E-state index contributed by atoms with van der Waals surface area (Å²) >= 11 is 0. The Balaban J connectivity index is 1.66. The van der Waals surface area contributed by atoms with Crippen molar-refractivity contribution in [1.29, 1.82) is 0 Å². The van der Waals surface area contributed by atoms with Crippen LogP contribution in [0.25, 0.3) is 11.1 Å². The Morgan fingerprint density at radius 3 is 2.45 bits per heavy atom. The van der Waals surface area contributed by atoms with Crippen LogP contribution in [0.2, 0.25) is 0 Å². The minimum Gasteiger partial charge on any atom is -0.481 e. The molecule has 0 amide bonds. The second-order valence-electron chi connectivity index (χ2n) is 11.2. The fourth-order valence-corrected chi connectivity index (χ4v) is 6.37. The van der Waals surface area contributed by atoms with E-state index in [1.807, 2.05) is 18.8 Å². The monoisotopic (exact) mass is 566 g/mol. The van der Waals surface area contributed by atoms with Crippen molar-refractivity contribution in [3.63, 3.8) is 0 Å². The number of rotatable bonds is 12. The van der Waals surface area contributed by atoms with Crippen LogP contribution in [-0.4, -0.2) is 52.8 Å². The molecule has 1 aromatic heterocycles.